The first-order valence-electron chi connectivity index (χ1n) is 11.2. The number of amides is 3. The number of para-hydroxylation sites is 1. The standard InChI is InChI=1S/C26H32N2O3/c1-17(2)19-13-10-14-20(18(3)4)24(19)27-23(29)15-6-5-9-16-28-25(30)21-11-7-8-12-22(21)26(28)31/h7-8,10-14,17-18H,5-6,9,15-16H2,1-4H3,(H,27,29). The molecule has 0 spiro atoms. The Morgan fingerprint density at radius 2 is 1.35 bits per heavy atom. The second-order valence-electron chi connectivity index (χ2n) is 8.79. The summed E-state index contributed by atoms with van der Waals surface area (Å²) in [4.78, 5) is 38.7. The number of unbranched alkanes of at least 4 members (excludes halogenated alkanes) is 2. The SMILES string of the molecule is CC(C)c1cccc(C(C)C)c1NC(=O)CCCCCN1C(=O)c2ccccc2C1=O. The number of benzene rings is 2. The zero-order chi connectivity index (χ0) is 22.5. The van der Waals surface area contributed by atoms with Gasteiger partial charge in [-0.2, -0.15) is 0 Å². The molecule has 2 aromatic rings. The van der Waals surface area contributed by atoms with Crippen molar-refractivity contribution in [2.24, 2.45) is 0 Å². The van der Waals surface area contributed by atoms with Gasteiger partial charge in [-0.15, -0.1) is 0 Å². The van der Waals surface area contributed by atoms with Crippen molar-refractivity contribution in [3.63, 3.8) is 0 Å². The summed E-state index contributed by atoms with van der Waals surface area (Å²) in [6.45, 7) is 8.92. The Kier molecular flexibility index (Phi) is 7.26. The molecule has 31 heavy (non-hydrogen) atoms. The van der Waals surface area contributed by atoms with Crippen LogP contribution in [0, 0.1) is 0 Å². The average molecular weight is 421 g/mol. The van der Waals surface area contributed by atoms with Gasteiger partial charge >= 0.3 is 0 Å². The molecule has 0 saturated heterocycles. The van der Waals surface area contributed by atoms with Crippen LogP contribution in [0.2, 0.25) is 0 Å². The monoisotopic (exact) mass is 420 g/mol. The fraction of sp³-hybridized carbons (Fsp3) is 0.423. The lowest BCUT2D eigenvalue weighted by Crippen LogP contribution is -2.30. The highest BCUT2D eigenvalue weighted by Crippen LogP contribution is 2.32. The summed E-state index contributed by atoms with van der Waals surface area (Å²) in [5.74, 6) is 0.229. The third-order valence-electron chi connectivity index (χ3n) is 5.80. The lowest BCUT2D eigenvalue weighted by molar-refractivity contribution is -0.116. The molecule has 0 aliphatic carbocycles. The lowest BCUT2D eigenvalue weighted by atomic mass is 9.92. The molecule has 0 aromatic heterocycles. The summed E-state index contributed by atoms with van der Waals surface area (Å²) in [5.41, 5.74) is 4.23. The van der Waals surface area contributed by atoms with Crippen molar-refractivity contribution in [1.29, 1.82) is 0 Å². The Morgan fingerprint density at radius 3 is 1.87 bits per heavy atom. The smallest absolute Gasteiger partial charge is 0.261 e. The van der Waals surface area contributed by atoms with E-state index in [9.17, 15) is 14.4 Å². The van der Waals surface area contributed by atoms with Gasteiger partial charge in [0.2, 0.25) is 5.91 Å². The first kappa shape index (κ1) is 22.7. The molecule has 0 atom stereocenters. The summed E-state index contributed by atoms with van der Waals surface area (Å²) < 4.78 is 0. The van der Waals surface area contributed by atoms with E-state index in [0.29, 0.717) is 42.3 Å². The molecule has 1 aliphatic heterocycles. The molecule has 3 amide bonds. The lowest BCUT2D eigenvalue weighted by Gasteiger charge is -2.20. The van der Waals surface area contributed by atoms with Gasteiger partial charge in [-0.25, -0.2) is 0 Å². The minimum absolute atomic E-state index is 0.00994. The maximum Gasteiger partial charge on any atom is 0.261 e. The summed E-state index contributed by atoms with van der Waals surface area (Å²) in [7, 11) is 0. The summed E-state index contributed by atoms with van der Waals surface area (Å²) in [6, 6.07) is 13.1. The molecule has 0 radical (unpaired) electrons. The van der Waals surface area contributed by atoms with Crippen LogP contribution in [0.25, 0.3) is 0 Å². The number of hydrogen-bond donors (Lipinski definition) is 1. The molecule has 1 aliphatic rings. The van der Waals surface area contributed by atoms with Crippen LogP contribution in [0.5, 0.6) is 0 Å². The Labute approximate surface area is 184 Å². The predicted molar refractivity (Wildman–Crippen MR) is 124 cm³/mol. The third-order valence-corrected chi connectivity index (χ3v) is 5.80. The van der Waals surface area contributed by atoms with E-state index in [1.807, 2.05) is 0 Å². The van der Waals surface area contributed by atoms with Crippen molar-refractivity contribution in [3.8, 4) is 0 Å². The van der Waals surface area contributed by atoms with Crippen LogP contribution in [0.4, 0.5) is 5.69 Å². The van der Waals surface area contributed by atoms with E-state index >= 15 is 0 Å². The molecule has 0 unspecified atom stereocenters. The Morgan fingerprint density at radius 1 is 0.806 bits per heavy atom. The minimum atomic E-state index is -0.218. The van der Waals surface area contributed by atoms with Crippen LogP contribution >= 0.6 is 0 Å². The average Bonchev–Trinajstić information content (AvgIpc) is 2.98. The van der Waals surface area contributed by atoms with Crippen molar-refractivity contribution in [2.45, 2.75) is 65.2 Å². The molecular formula is C26H32N2O3. The maximum atomic E-state index is 12.6. The van der Waals surface area contributed by atoms with Crippen LogP contribution in [0.3, 0.4) is 0 Å². The Balaban J connectivity index is 1.49. The van der Waals surface area contributed by atoms with Gasteiger partial charge in [0.15, 0.2) is 0 Å². The second kappa shape index (κ2) is 9.90. The number of nitrogens with one attached hydrogen (secondary N) is 1. The highest BCUT2D eigenvalue weighted by molar-refractivity contribution is 6.21. The molecule has 0 bridgehead atoms. The molecule has 3 rings (SSSR count). The third kappa shape index (κ3) is 5.04. The molecule has 2 aromatic carbocycles. The van der Waals surface area contributed by atoms with Crippen molar-refractivity contribution >= 4 is 23.4 Å². The van der Waals surface area contributed by atoms with Crippen LogP contribution in [0.15, 0.2) is 42.5 Å². The molecule has 1 heterocycles. The number of anilines is 1. The number of rotatable bonds is 9. The largest absolute Gasteiger partial charge is 0.326 e. The van der Waals surface area contributed by atoms with E-state index in [0.717, 1.165) is 29.7 Å². The minimum Gasteiger partial charge on any atom is -0.326 e. The van der Waals surface area contributed by atoms with Crippen molar-refractivity contribution < 1.29 is 14.4 Å². The van der Waals surface area contributed by atoms with E-state index in [1.165, 1.54) is 4.90 Å². The molecular weight excluding hydrogens is 388 g/mol. The zero-order valence-corrected chi connectivity index (χ0v) is 18.9. The van der Waals surface area contributed by atoms with Crippen molar-refractivity contribution in [3.05, 3.63) is 64.7 Å². The Bertz CT molecular complexity index is 917. The summed E-state index contributed by atoms with van der Waals surface area (Å²) >= 11 is 0. The highest BCUT2D eigenvalue weighted by Gasteiger charge is 2.34. The molecule has 164 valence electrons. The van der Waals surface area contributed by atoms with Crippen LogP contribution in [-0.4, -0.2) is 29.2 Å². The van der Waals surface area contributed by atoms with E-state index in [-0.39, 0.29) is 17.7 Å². The maximum absolute atomic E-state index is 12.6. The first-order chi connectivity index (χ1) is 14.8. The predicted octanol–water partition coefficient (Wildman–Crippen LogP) is 5.73. The van der Waals surface area contributed by atoms with E-state index in [4.69, 9.17) is 0 Å². The van der Waals surface area contributed by atoms with E-state index in [2.05, 4.69) is 51.2 Å². The molecule has 0 fully saturated rings. The quantitative estimate of drug-likeness (QED) is 0.416. The number of imide groups is 1. The molecule has 5 heteroatoms. The van der Waals surface area contributed by atoms with Gasteiger partial charge < -0.3 is 5.32 Å². The first-order valence-corrected chi connectivity index (χ1v) is 11.2. The van der Waals surface area contributed by atoms with Crippen LogP contribution in [0.1, 0.15) is 97.1 Å². The molecule has 0 saturated carbocycles. The fourth-order valence-electron chi connectivity index (χ4n) is 4.07. The number of nitrogens with zero attached hydrogens (tertiary/aromatic N) is 1. The summed E-state index contributed by atoms with van der Waals surface area (Å²) in [6.07, 6.45) is 2.62. The van der Waals surface area contributed by atoms with Gasteiger partial charge in [-0.3, -0.25) is 19.3 Å². The van der Waals surface area contributed by atoms with Crippen molar-refractivity contribution in [1.82, 2.24) is 4.90 Å². The topological polar surface area (TPSA) is 66.5 Å². The van der Waals surface area contributed by atoms with Gasteiger partial charge in [0, 0.05) is 18.7 Å². The van der Waals surface area contributed by atoms with Gasteiger partial charge in [-0.05, 0) is 47.9 Å². The zero-order valence-electron chi connectivity index (χ0n) is 18.9. The van der Waals surface area contributed by atoms with Gasteiger partial charge in [0.25, 0.3) is 11.8 Å². The molecule has 1 N–H and O–H groups in total. The molecule has 5 nitrogen and oxygen atoms in total. The van der Waals surface area contributed by atoms with Crippen LogP contribution in [-0.2, 0) is 4.79 Å². The van der Waals surface area contributed by atoms with Gasteiger partial charge in [-0.1, -0.05) is 64.4 Å². The number of hydrogen-bond acceptors (Lipinski definition) is 3. The normalized spacial score (nSPS) is 13.3. The highest BCUT2D eigenvalue weighted by atomic mass is 16.2. The summed E-state index contributed by atoms with van der Waals surface area (Å²) in [5, 5.41) is 3.14. The van der Waals surface area contributed by atoms with E-state index < -0.39 is 0 Å². The van der Waals surface area contributed by atoms with E-state index in [1.54, 1.807) is 24.3 Å². The fourth-order valence-corrected chi connectivity index (χ4v) is 4.07. The second-order valence-corrected chi connectivity index (χ2v) is 8.79. The number of fused-ring (bicyclic) bond motifs is 1. The number of carbonyl (C=O) groups is 3. The van der Waals surface area contributed by atoms with Gasteiger partial charge in [0.1, 0.15) is 0 Å². The van der Waals surface area contributed by atoms with Crippen LogP contribution < -0.4 is 5.32 Å². The number of carbonyl (C=O) groups excluding carboxylic acids is 3. The van der Waals surface area contributed by atoms with Crippen molar-refractivity contribution in [2.75, 3.05) is 11.9 Å². The Hall–Kier alpha value is -2.95. The van der Waals surface area contributed by atoms with Gasteiger partial charge in [0.05, 0.1) is 11.1 Å².